The van der Waals surface area contributed by atoms with Crippen LogP contribution in [-0.4, -0.2) is 72.1 Å². The molecule has 1 fully saturated rings. The van der Waals surface area contributed by atoms with Crippen LogP contribution in [-0.2, 0) is 12.8 Å². The highest BCUT2D eigenvalue weighted by atomic mass is 16.6. The Kier molecular flexibility index (Phi) is 9.62. The van der Waals surface area contributed by atoms with Crippen molar-refractivity contribution in [1.29, 1.82) is 0 Å². The molecule has 0 atom stereocenters. The number of aromatic nitrogens is 1. The topological polar surface area (TPSA) is 114 Å². The van der Waals surface area contributed by atoms with Crippen LogP contribution in [0.2, 0.25) is 0 Å². The first-order valence-electron chi connectivity index (χ1n) is 17.1. The van der Waals surface area contributed by atoms with E-state index in [1.165, 1.54) is 53.4 Å². The van der Waals surface area contributed by atoms with Crippen LogP contribution in [0.1, 0.15) is 36.9 Å². The number of ether oxygens (including phenoxy) is 1. The maximum absolute atomic E-state index is 12.7. The number of piperazine rings is 1. The Morgan fingerprint density at radius 3 is 2.42 bits per heavy atom. The van der Waals surface area contributed by atoms with Crippen molar-refractivity contribution >= 4 is 33.2 Å². The third kappa shape index (κ3) is 7.19. The molecule has 1 saturated heterocycles. The van der Waals surface area contributed by atoms with E-state index in [-0.39, 0.29) is 11.1 Å². The van der Waals surface area contributed by atoms with E-state index in [1.54, 1.807) is 30.3 Å². The summed E-state index contributed by atoms with van der Waals surface area (Å²) in [5, 5.41) is 16.5. The number of para-hydroxylation sites is 1. The zero-order valence-electron chi connectivity index (χ0n) is 27.2. The summed E-state index contributed by atoms with van der Waals surface area (Å²) in [4.78, 5) is 33.3. The zero-order valence-corrected chi connectivity index (χ0v) is 27.2. The van der Waals surface area contributed by atoms with Crippen LogP contribution in [0.15, 0.2) is 82.0 Å². The number of anilines is 1. The van der Waals surface area contributed by atoms with E-state index < -0.39 is 4.92 Å². The summed E-state index contributed by atoms with van der Waals surface area (Å²) in [6.45, 7) is 7.88. The summed E-state index contributed by atoms with van der Waals surface area (Å²) in [5.41, 5.74) is 5.95. The summed E-state index contributed by atoms with van der Waals surface area (Å²) in [6, 6.07) is 21.2. The molecule has 2 aromatic heterocycles. The molecule has 0 spiro atoms. The van der Waals surface area contributed by atoms with Gasteiger partial charge in [-0.25, -0.2) is 0 Å². The average molecular weight is 648 g/mol. The van der Waals surface area contributed by atoms with Gasteiger partial charge in [-0.1, -0.05) is 18.2 Å². The molecule has 10 nitrogen and oxygen atoms in total. The zero-order chi connectivity index (χ0) is 32.9. The summed E-state index contributed by atoms with van der Waals surface area (Å²) in [5.74, 6) is 1.00. The number of hydrogen-bond acceptors (Lipinski definition) is 9. The van der Waals surface area contributed by atoms with Gasteiger partial charge < -0.3 is 24.3 Å². The molecule has 10 heteroatoms. The van der Waals surface area contributed by atoms with E-state index in [2.05, 4.69) is 39.4 Å². The maximum atomic E-state index is 12.7. The number of nitro groups is 1. The standard InChI is InChI=1S/C38H41N5O5/c44-35-26-36(27-11-13-28(14-12-27)43(45)46)48-37-25-29(15-16-32(35)37)47-24-6-19-42-22-20-41(21-23-42)18-5-17-39-38-30-7-1-3-9-33(30)40-34-10-4-2-8-31(34)38/h1,3,7,9,11-16,25-26H,2,4-6,8,10,17-24H2,(H,39,40). The lowest BCUT2D eigenvalue weighted by Crippen LogP contribution is -2.47. The van der Waals surface area contributed by atoms with Gasteiger partial charge in [0.1, 0.15) is 17.1 Å². The van der Waals surface area contributed by atoms with Gasteiger partial charge in [-0.3, -0.25) is 19.9 Å². The minimum atomic E-state index is -0.458. The van der Waals surface area contributed by atoms with Gasteiger partial charge in [-0.15, -0.1) is 0 Å². The molecule has 3 heterocycles. The summed E-state index contributed by atoms with van der Waals surface area (Å²) >= 11 is 0. The Morgan fingerprint density at radius 2 is 1.62 bits per heavy atom. The smallest absolute Gasteiger partial charge is 0.269 e. The Balaban J connectivity index is 0.847. The molecule has 0 unspecified atom stereocenters. The molecular formula is C38H41N5O5. The van der Waals surface area contributed by atoms with Gasteiger partial charge >= 0.3 is 0 Å². The summed E-state index contributed by atoms with van der Waals surface area (Å²) < 4.78 is 12.0. The van der Waals surface area contributed by atoms with Crippen molar-refractivity contribution < 1.29 is 14.1 Å². The molecule has 7 rings (SSSR count). The second-order valence-electron chi connectivity index (χ2n) is 12.7. The summed E-state index contributed by atoms with van der Waals surface area (Å²) in [7, 11) is 0. The fourth-order valence-corrected chi connectivity index (χ4v) is 6.92. The first-order valence-corrected chi connectivity index (χ1v) is 17.1. The van der Waals surface area contributed by atoms with Crippen LogP contribution >= 0.6 is 0 Å². The predicted molar refractivity (Wildman–Crippen MR) is 189 cm³/mol. The molecule has 48 heavy (non-hydrogen) atoms. The van der Waals surface area contributed by atoms with Gasteiger partial charge in [-0.2, -0.15) is 0 Å². The second-order valence-corrected chi connectivity index (χ2v) is 12.7. The third-order valence-corrected chi connectivity index (χ3v) is 9.54. The molecule has 1 aliphatic heterocycles. The first-order chi connectivity index (χ1) is 23.5. The van der Waals surface area contributed by atoms with Crippen molar-refractivity contribution in [1.82, 2.24) is 14.8 Å². The lowest BCUT2D eigenvalue weighted by molar-refractivity contribution is -0.384. The predicted octanol–water partition coefficient (Wildman–Crippen LogP) is 6.68. The van der Waals surface area contributed by atoms with Gasteiger partial charge in [-0.05, 0) is 81.0 Å². The number of non-ortho nitro benzene ring substituents is 1. The Morgan fingerprint density at radius 1 is 0.875 bits per heavy atom. The highest BCUT2D eigenvalue weighted by Crippen LogP contribution is 2.33. The van der Waals surface area contributed by atoms with Crippen molar-refractivity contribution in [3.63, 3.8) is 0 Å². The SMILES string of the molecule is O=c1cc(-c2ccc([N+](=O)[O-])cc2)oc2cc(OCCCN3CCN(CCCNc4c5c(nc6ccccc46)CCCC5)CC3)ccc12. The highest BCUT2D eigenvalue weighted by Gasteiger charge is 2.19. The first kappa shape index (κ1) is 31.8. The van der Waals surface area contributed by atoms with Crippen molar-refractivity contribution in [2.45, 2.75) is 38.5 Å². The van der Waals surface area contributed by atoms with Gasteiger partial charge in [0.05, 0.1) is 22.4 Å². The number of hydrogen-bond donors (Lipinski definition) is 1. The van der Waals surface area contributed by atoms with E-state index in [9.17, 15) is 14.9 Å². The molecule has 0 saturated carbocycles. The Labute approximate surface area is 279 Å². The minimum Gasteiger partial charge on any atom is -0.493 e. The van der Waals surface area contributed by atoms with Crippen LogP contribution in [0.25, 0.3) is 33.2 Å². The van der Waals surface area contributed by atoms with E-state index >= 15 is 0 Å². The number of fused-ring (bicyclic) bond motifs is 3. The quantitative estimate of drug-likeness (QED) is 0.0900. The van der Waals surface area contributed by atoms with E-state index in [0.717, 1.165) is 77.0 Å². The van der Waals surface area contributed by atoms with E-state index in [4.69, 9.17) is 14.1 Å². The molecule has 5 aromatic rings. The van der Waals surface area contributed by atoms with Crippen LogP contribution < -0.4 is 15.5 Å². The van der Waals surface area contributed by atoms with Gasteiger partial charge in [0.15, 0.2) is 5.43 Å². The fourth-order valence-electron chi connectivity index (χ4n) is 6.92. The number of nitrogens with one attached hydrogen (secondary N) is 1. The van der Waals surface area contributed by atoms with Crippen molar-refractivity contribution in [2.24, 2.45) is 0 Å². The van der Waals surface area contributed by atoms with Crippen LogP contribution in [0, 0.1) is 10.1 Å². The Bertz CT molecular complexity index is 1970. The molecule has 0 bridgehead atoms. The number of pyridine rings is 1. The van der Waals surface area contributed by atoms with Crippen LogP contribution in [0.5, 0.6) is 5.75 Å². The number of nitrogens with zero attached hydrogens (tertiary/aromatic N) is 4. The fraction of sp³-hybridized carbons (Fsp3) is 0.368. The average Bonchev–Trinajstić information content (AvgIpc) is 3.12. The number of benzene rings is 3. The van der Waals surface area contributed by atoms with Crippen LogP contribution in [0.4, 0.5) is 11.4 Å². The number of aryl methyl sites for hydroxylation is 1. The van der Waals surface area contributed by atoms with Crippen molar-refractivity contribution in [3.8, 4) is 17.1 Å². The van der Waals surface area contributed by atoms with Gasteiger partial charge in [0.25, 0.3) is 5.69 Å². The lowest BCUT2D eigenvalue weighted by Gasteiger charge is -2.34. The van der Waals surface area contributed by atoms with Gasteiger partial charge in [0, 0.05) is 85.9 Å². The molecule has 248 valence electrons. The third-order valence-electron chi connectivity index (χ3n) is 9.54. The molecule has 3 aromatic carbocycles. The Hall–Kier alpha value is -4.80. The number of nitro benzene ring substituents is 1. The number of rotatable bonds is 12. The van der Waals surface area contributed by atoms with Crippen molar-refractivity contribution in [2.75, 3.05) is 57.7 Å². The maximum Gasteiger partial charge on any atom is 0.269 e. The van der Waals surface area contributed by atoms with E-state index in [1.807, 2.05) is 0 Å². The normalized spacial score (nSPS) is 15.4. The van der Waals surface area contributed by atoms with Crippen LogP contribution in [0.3, 0.4) is 0 Å². The largest absolute Gasteiger partial charge is 0.493 e. The molecule has 1 N–H and O–H groups in total. The molecule has 0 amide bonds. The molecule has 1 aliphatic carbocycles. The second kappa shape index (κ2) is 14.5. The molecule has 0 radical (unpaired) electrons. The van der Waals surface area contributed by atoms with Crippen molar-refractivity contribution in [3.05, 3.63) is 104 Å². The monoisotopic (exact) mass is 647 g/mol. The van der Waals surface area contributed by atoms with E-state index in [0.29, 0.717) is 34.6 Å². The molecular weight excluding hydrogens is 606 g/mol. The van der Waals surface area contributed by atoms with Gasteiger partial charge in [0.2, 0.25) is 0 Å². The highest BCUT2D eigenvalue weighted by molar-refractivity contribution is 5.93. The molecule has 2 aliphatic rings. The minimum absolute atomic E-state index is 0.0174. The summed E-state index contributed by atoms with van der Waals surface area (Å²) in [6.07, 6.45) is 6.70. The lowest BCUT2D eigenvalue weighted by atomic mass is 9.92.